The van der Waals surface area contributed by atoms with Crippen LogP contribution in [0.25, 0.3) is 5.69 Å². The first kappa shape index (κ1) is 13.5. The Morgan fingerprint density at radius 1 is 1.32 bits per heavy atom. The van der Waals surface area contributed by atoms with E-state index in [0.29, 0.717) is 16.9 Å². The van der Waals surface area contributed by atoms with Crippen LogP contribution in [-0.4, -0.2) is 15.0 Å². The van der Waals surface area contributed by atoms with E-state index < -0.39 is 11.7 Å². The molecule has 0 aliphatic carbocycles. The van der Waals surface area contributed by atoms with E-state index >= 15 is 0 Å². The predicted molar refractivity (Wildman–Crippen MR) is 63.7 cm³/mol. The quantitative estimate of drug-likeness (QED) is 0.912. The fraction of sp³-hybridized carbons (Fsp3) is 0.333. The lowest BCUT2D eigenvalue weighted by Gasteiger charge is -2.10. The zero-order valence-corrected chi connectivity index (χ0v) is 10.4. The normalized spacial score (nSPS) is 13.6. The summed E-state index contributed by atoms with van der Waals surface area (Å²) in [6.45, 7) is 3.44. The van der Waals surface area contributed by atoms with E-state index in [-0.39, 0.29) is 6.04 Å². The van der Waals surface area contributed by atoms with Gasteiger partial charge in [0.2, 0.25) is 0 Å². The van der Waals surface area contributed by atoms with Crippen molar-refractivity contribution in [3.8, 4) is 5.69 Å². The van der Waals surface area contributed by atoms with Gasteiger partial charge in [-0.05, 0) is 31.5 Å². The molecule has 0 saturated carbocycles. The van der Waals surface area contributed by atoms with Gasteiger partial charge in [-0.2, -0.15) is 13.2 Å². The molecular weight excluding hydrogens is 257 g/mol. The molecule has 7 heteroatoms. The van der Waals surface area contributed by atoms with Crippen molar-refractivity contribution in [3.05, 3.63) is 41.2 Å². The highest BCUT2D eigenvalue weighted by Gasteiger charge is 2.31. The number of hydrogen-bond donors (Lipinski definition) is 1. The van der Waals surface area contributed by atoms with Crippen LogP contribution in [0, 0.1) is 6.92 Å². The largest absolute Gasteiger partial charge is 0.416 e. The molecule has 0 aliphatic rings. The van der Waals surface area contributed by atoms with E-state index in [1.807, 2.05) is 0 Å². The van der Waals surface area contributed by atoms with Gasteiger partial charge in [0, 0.05) is 6.04 Å². The Morgan fingerprint density at radius 2 is 2.00 bits per heavy atom. The molecule has 0 bridgehead atoms. The molecule has 0 spiro atoms. The van der Waals surface area contributed by atoms with Crippen LogP contribution < -0.4 is 5.73 Å². The van der Waals surface area contributed by atoms with Crippen molar-refractivity contribution < 1.29 is 13.2 Å². The first-order chi connectivity index (χ1) is 8.79. The van der Waals surface area contributed by atoms with E-state index in [4.69, 9.17) is 5.73 Å². The van der Waals surface area contributed by atoms with Crippen molar-refractivity contribution in [3.63, 3.8) is 0 Å². The second kappa shape index (κ2) is 4.65. The fourth-order valence-electron chi connectivity index (χ4n) is 1.64. The maximum absolute atomic E-state index is 12.7. The van der Waals surface area contributed by atoms with Crippen LogP contribution in [0.1, 0.15) is 29.8 Å². The van der Waals surface area contributed by atoms with Crippen LogP contribution in [0.5, 0.6) is 0 Å². The Labute approximate surface area is 108 Å². The summed E-state index contributed by atoms with van der Waals surface area (Å²) in [7, 11) is 0. The van der Waals surface area contributed by atoms with Crippen molar-refractivity contribution in [2.75, 3.05) is 0 Å². The first-order valence-corrected chi connectivity index (χ1v) is 5.65. The average molecular weight is 270 g/mol. The van der Waals surface area contributed by atoms with Crippen LogP contribution in [-0.2, 0) is 6.18 Å². The maximum Gasteiger partial charge on any atom is 0.416 e. The van der Waals surface area contributed by atoms with Crippen LogP contribution >= 0.6 is 0 Å². The first-order valence-electron chi connectivity index (χ1n) is 5.65. The Balaban J connectivity index is 2.48. The summed E-state index contributed by atoms with van der Waals surface area (Å²) in [5, 5.41) is 7.64. The number of aryl methyl sites for hydroxylation is 1. The van der Waals surface area contributed by atoms with Gasteiger partial charge in [0.25, 0.3) is 0 Å². The lowest BCUT2D eigenvalue weighted by Crippen LogP contribution is -2.07. The molecule has 2 aromatic rings. The van der Waals surface area contributed by atoms with Gasteiger partial charge in [0.1, 0.15) is 0 Å². The van der Waals surface area contributed by atoms with Gasteiger partial charge in [0.05, 0.1) is 23.1 Å². The van der Waals surface area contributed by atoms with Gasteiger partial charge in [-0.1, -0.05) is 11.3 Å². The van der Waals surface area contributed by atoms with Gasteiger partial charge < -0.3 is 5.73 Å². The van der Waals surface area contributed by atoms with Crippen LogP contribution in [0.2, 0.25) is 0 Å². The predicted octanol–water partition coefficient (Wildman–Crippen LogP) is 2.61. The standard InChI is InChI=1S/C12H13F3N4/c1-7-3-4-9(12(13,14)15)5-11(7)19-6-10(8(2)16)17-18-19/h3-6,8H,16H2,1-2H3. The van der Waals surface area contributed by atoms with E-state index in [1.54, 1.807) is 13.8 Å². The molecule has 0 amide bonds. The summed E-state index contributed by atoms with van der Waals surface area (Å²) in [5.41, 5.74) is 6.47. The molecule has 2 rings (SSSR count). The SMILES string of the molecule is Cc1ccc(C(F)(F)F)cc1-n1cc(C(C)N)nn1. The summed E-state index contributed by atoms with van der Waals surface area (Å²) < 4.78 is 39.4. The van der Waals surface area contributed by atoms with Crippen LogP contribution in [0.4, 0.5) is 13.2 Å². The lowest BCUT2D eigenvalue weighted by atomic mass is 10.1. The van der Waals surface area contributed by atoms with Gasteiger partial charge in [-0.3, -0.25) is 0 Å². The van der Waals surface area contributed by atoms with Crippen molar-refractivity contribution in [1.82, 2.24) is 15.0 Å². The second-order valence-electron chi connectivity index (χ2n) is 4.38. The molecular formula is C12H13F3N4. The van der Waals surface area contributed by atoms with Gasteiger partial charge in [0.15, 0.2) is 0 Å². The Morgan fingerprint density at radius 3 is 2.53 bits per heavy atom. The number of benzene rings is 1. The van der Waals surface area contributed by atoms with E-state index in [9.17, 15) is 13.2 Å². The molecule has 1 heterocycles. The van der Waals surface area contributed by atoms with Crippen molar-refractivity contribution in [2.45, 2.75) is 26.1 Å². The molecule has 0 fully saturated rings. The highest BCUT2D eigenvalue weighted by atomic mass is 19.4. The number of nitrogens with zero attached hydrogens (tertiary/aromatic N) is 3. The molecule has 0 radical (unpaired) electrons. The molecule has 0 aliphatic heterocycles. The zero-order valence-electron chi connectivity index (χ0n) is 10.4. The molecule has 1 aromatic heterocycles. The number of alkyl halides is 3. The molecule has 2 N–H and O–H groups in total. The smallest absolute Gasteiger partial charge is 0.323 e. The van der Waals surface area contributed by atoms with E-state index in [1.165, 1.54) is 16.9 Å². The summed E-state index contributed by atoms with van der Waals surface area (Å²) >= 11 is 0. The third kappa shape index (κ3) is 2.76. The van der Waals surface area contributed by atoms with Gasteiger partial charge in [-0.25, -0.2) is 4.68 Å². The molecule has 1 unspecified atom stereocenters. The summed E-state index contributed by atoms with van der Waals surface area (Å²) in [6.07, 6.45) is -2.85. The number of aromatic nitrogens is 3. The molecule has 0 saturated heterocycles. The minimum absolute atomic E-state index is 0.320. The third-order valence-corrected chi connectivity index (χ3v) is 2.76. The van der Waals surface area contributed by atoms with Crippen molar-refractivity contribution >= 4 is 0 Å². The van der Waals surface area contributed by atoms with Crippen LogP contribution in [0.15, 0.2) is 24.4 Å². The minimum Gasteiger partial charge on any atom is -0.323 e. The summed E-state index contributed by atoms with van der Waals surface area (Å²) in [6, 6.07) is 3.18. The molecule has 102 valence electrons. The topological polar surface area (TPSA) is 56.7 Å². The summed E-state index contributed by atoms with van der Waals surface area (Å²) in [4.78, 5) is 0. The third-order valence-electron chi connectivity index (χ3n) is 2.76. The number of rotatable bonds is 2. The molecule has 1 atom stereocenters. The highest BCUT2D eigenvalue weighted by molar-refractivity contribution is 5.43. The average Bonchev–Trinajstić information content (AvgIpc) is 2.77. The van der Waals surface area contributed by atoms with Crippen molar-refractivity contribution in [1.29, 1.82) is 0 Å². The lowest BCUT2D eigenvalue weighted by molar-refractivity contribution is -0.137. The number of nitrogens with two attached hydrogens (primary N) is 1. The molecule has 19 heavy (non-hydrogen) atoms. The highest BCUT2D eigenvalue weighted by Crippen LogP contribution is 2.31. The molecule has 4 nitrogen and oxygen atoms in total. The Hall–Kier alpha value is -1.89. The Kier molecular flexibility index (Phi) is 3.32. The van der Waals surface area contributed by atoms with E-state index in [0.717, 1.165) is 12.1 Å². The monoisotopic (exact) mass is 270 g/mol. The second-order valence-corrected chi connectivity index (χ2v) is 4.38. The number of halogens is 3. The fourth-order valence-corrected chi connectivity index (χ4v) is 1.64. The van der Waals surface area contributed by atoms with Gasteiger partial charge >= 0.3 is 6.18 Å². The zero-order chi connectivity index (χ0) is 14.2. The van der Waals surface area contributed by atoms with Gasteiger partial charge in [-0.15, -0.1) is 5.10 Å². The van der Waals surface area contributed by atoms with E-state index in [2.05, 4.69) is 10.3 Å². The maximum atomic E-state index is 12.7. The number of hydrogen-bond acceptors (Lipinski definition) is 3. The molecule has 1 aromatic carbocycles. The Bertz CT molecular complexity index is 587. The summed E-state index contributed by atoms with van der Waals surface area (Å²) in [5.74, 6) is 0. The van der Waals surface area contributed by atoms with Crippen LogP contribution in [0.3, 0.4) is 0 Å². The minimum atomic E-state index is -4.38. The van der Waals surface area contributed by atoms with Crippen molar-refractivity contribution in [2.24, 2.45) is 5.73 Å².